The maximum absolute atomic E-state index is 12.0. The molecule has 0 atom stereocenters. The van der Waals surface area contributed by atoms with Crippen LogP contribution in [-0.2, 0) is 9.59 Å². The van der Waals surface area contributed by atoms with Gasteiger partial charge in [-0.2, -0.15) is 0 Å². The Morgan fingerprint density at radius 2 is 1.80 bits per heavy atom. The number of carbonyl (C=O) groups excluding carboxylic acids is 2. The number of hydrogen-bond acceptors (Lipinski definition) is 3. The van der Waals surface area contributed by atoms with Crippen LogP contribution >= 0.6 is 23.2 Å². The lowest BCUT2D eigenvalue weighted by Gasteiger charge is -2.31. The highest BCUT2D eigenvalue weighted by Gasteiger charge is 2.25. The molecule has 2 rings (SSSR count). The Bertz CT molecular complexity index is 528. The second kappa shape index (κ2) is 6.43. The first-order valence-corrected chi connectivity index (χ1v) is 6.97. The van der Waals surface area contributed by atoms with E-state index in [9.17, 15) is 9.59 Å². The van der Waals surface area contributed by atoms with Gasteiger partial charge in [-0.1, -0.05) is 23.2 Å². The molecule has 1 aromatic rings. The summed E-state index contributed by atoms with van der Waals surface area (Å²) >= 11 is 11.8. The summed E-state index contributed by atoms with van der Waals surface area (Å²) in [4.78, 5) is 27.6. The van der Waals surface area contributed by atoms with Crippen molar-refractivity contribution in [2.75, 3.05) is 38.5 Å². The third-order valence-electron chi connectivity index (χ3n) is 3.16. The van der Waals surface area contributed by atoms with Crippen molar-refractivity contribution in [1.82, 2.24) is 9.80 Å². The molecule has 0 spiro atoms. The van der Waals surface area contributed by atoms with Crippen LogP contribution in [0.5, 0.6) is 0 Å². The number of halogens is 2. The summed E-state index contributed by atoms with van der Waals surface area (Å²) in [5, 5.41) is 3.28. The van der Waals surface area contributed by atoms with Crippen molar-refractivity contribution >= 4 is 40.7 Å². The molecule has 2 amide bonds. The van der Waals surface area contributed by atoms with E-state index in [2.05, 4.69) is 10.2 Å². The van der Waals surface area contributed by atoms with Crippen molar-refractivity contribution in [2.45, 2.75) is 0 Å². The Morgan fingerprint density at radius 3 is 2.45 bits per heavy atom. The van der Waals surface area contributed by atoms with E-state index in [1.54, 1.807) is 12.1 Å². The summed E-state index contributed by atoms with van der Waals surface area (Å²) in [7, 11) is 1.98. The van der Waals surface area contributed by atoms with E-state index in [0.717, 1.165) is 13.1 Å². The first-order chi connectivity index (χ1) is 9.47. The number of rotatable bonds is 1. The number of likely N-dealkylation sites (N-methyl/N-ethyl adjacent to an activating group) is 1. The Hall–Kier alpha value is -1.30. The zero-order valence-electron chi connectivity index (χ0n) is 11.0. The molecule has 0 aliphatic carbocycles. The minimum absolute atomic E-state index is 0.339. The molecule has 1 fully saturated rings. The number of carbonyl (C=O) groups is 2. The number of amides is 2. The number of benzene rings is 1. The van der Waals surface area contributed by atoms with E-state index in [1.807, 2.05) is 7.05 Å². The van der Waals surface area contributed by atoms with Gasteiger partial charge in [-0.15, -0.1) is 0 Å². The summed E-state index contributed by atoms with van der Waals surface area (Å²) in [6.07, 6.45) is 0. The molecular weight excluding hydrogens is 301 g/mol. The number of nitrogens with zero attached hydrogens (tertiary/aromatic N) is 2. The Kier molecular flexibility index (Phi) is 4.86. The molecule has 20 heavy (non-hydrogen) atoms. The van der Waals surface area contributed by atoms with Crippen molar-refractivity contribution in [2.24, 2.45) is 0 Å². The molecule has 5 nitrogen and oxygen atoms in total. The maximum atomic E-state index is 12.0. The topological polar surface area (TPSA) is 52.7 Å². The lowest BCUT2D eigenvalue weighted by molar-refractivity contribution is -0.144. The van der Waals surface area contributed by atoms with Crippen molar-refractivity contribution in [3.63, 3.8) is 0 Å². The minimum Gasteiger partial charge on any atom is -0.332 e. The SMILES string of the molecule is CN1CCN(C(=O)C(=O)Nc2cc(Cl)ccc2Cl)CC1. The molecule has 1 N–H and O–H groups in total. The number of nitrogens with one attached hydrogen (secondary N) is 1. The quantitative estimate of drug-likeness (QED) is 0.803. The highest BCUT2D eigenvalue weighted by molar-refractivity contribution is 6.42. The largest absolute Gasteiger partial charge is 0.332 e. The van der Waals surface area contributed by atoms with Crippen LogP contribution < -0.4 is 5.32 Å². The van der Waals surface area contributed by atoms with E-state index in [0.29, 0.717) is 28.8 Å². The Morgan fingerprint density at radius 1 is 1.15 bits per heavy atom. The van der Waals surface area contributed by atoms with E-state index in [4.69, 9.17) is 23.2 Å². The Balaban J connectivity index is 2.01. The second-order valence-electron chi connectivity index (χ2n) is 4.67. The average molecular weight is 316 g/mol. The predicted octanol–water partition coefficient (Wildman–Crippen LogP) is 1.71. The summed E-state index contributed by atoms with van der Waals surface area (Å²) < 4.78 is 0. The molecule has 1 aliphatic heterocycles. The fraction of sp³-hybridized carbons (Fsp3) is 0.385. The van der Waals surface area contributed by atoms with Gasteiger partial charge in [0.05, 0.1) is 10.7 Å². The fourth-order valence-corrected chi connectivity index (χ4v) is 2.26. The van der Waals surface area contributed by atoms with Gasteiger partial charge in [0.1, 0.15) is 0 Å². The lowest BCUT2D eigenvalue weighted by atomic mass is 10.3. The van der Waals surface area contributed by atoms with E-state index in [1.165, 1.54) is 11.0 Å². The molecule has 108 valence electrons. The van der Waals surface area contributed by atoms with Gasteiger partial charge < -0.3 is 15.1 Å². The Labute approximate surface area is 127 Å². The molecule has 0 unspecified atom stereocenters. The normalized spacial score (nSPS) is 16.1. The van der Waals surface area contributed by atoms with Crippen LogP contribution in [0.15, 0.2) is 18.2 Å². The monoisotopic (exact) mass is 315 g/mol. The van der Waals surface area contributed by atoms with E-state index < -0.39 is 11.8 Å². The summed E-state index contributed by atoms with van der Waals surface area (Å²) in [6.45, 7) is 2.62. The first kappa shape index (κ1) is 15.1. The smallest absolute Gasteiger partial charge is 0.313 e. The summed E-state index contributed by atoms with van der Waals surface area (Å²) in [5.74, 6) is -1.24. The lowest BCUT2D eigenvalue weighted by Crippen LogP contribution is -2.50. The van der Waals surface area contributed by atoms with Gasteiger partial charge in [-0.05, 0) is 25.2 Å². The maximum Gasteiger partial charge on any atom is 0.313 e. The van der Waals surface area contributed by atoms with Gasteiger partial charge in [0, 0.05) is 31.2 Å². The predicted molar refractivity (Wildman–Crippen MR) is 79.2 cm³/mol. The zero-order valence-corrected chi connectivity index (χ0v) is 12.5. The molecule has 0 radical (unpaired) electrons. The fourth-order valence-electron chi connectivity index (χ4n) is 1.92. The average Bonchev–Trinajstić information content (AvgIpc) is 2.43. The minimum atomic E-state index is -0.696. The van der Waals surface area contributed by atoms with Gasteiger partial charge in [0.2, 0.25) is 0 Å². The number of anilines is 1. The molecule has 0 saturated carbocycles. The van der Waals surface area contributed by atoms with Gasteiger partial charge in [0.15, 0.2) is 0 Å². The van der Waals surface area contributed by atoms with Crippen molar-refractivity contribution in [3.05, 3.63) is 28.2 Å². The molecule has 0 aromatic heterocycles. The summed E-state index contributed by atoms with van der Waals surface area (Å²) in [6, 6.07) is 4.70. The van der Waals surface area contributed by atoms with Crippen LogP contribution in [0.2, 0.25) is 10.0 Å². The van der Waals surface area contributed by atoms with Crippen molar-refractivity contribution in [3.8, 4) is 0 Å². The molecule has 1 saturated heterocycles. The van der Waals surface area contributed by atoms with Crippen LogP contribution in [0.3, 0.4) is 0 Å². The highest BCUT2D eigenvalue weighted by Crippen LogP contribution is 2.25. The number of hydrogen-bond donors (Lipinski definition) is 1. The van der Waals surface area contributed by atoms with Gasteiger partial charge in [-0.25, -0.2) is 0 Å². The summed E-state index contributed by atoms with van der Waals surface area (Å²) in [5.41, 5.74) is 0.339. The molecule has 1 aromatic carbocycles. The van der Waals surface area contributed by atoms with Crippen LogP contribution in [0.1, 0.15) is 0 Å². The number of piperazine rings is 1. The molecule has 0 bridgehead atoms. The molecular formula is C13H15Cl2N3O2. The van der Waals surface area contributed by atoms with E-state index in [-0.39, 0.29) is 0 Å². The van der Waals surface area contributed by atoms with E-state index >= 15 is 0 Å². The molecule has 1 heterocycles. The van der Waals surface area contributed by atoms with Crippen molar-refractivity contribution < 1.29 is 9.59 Å². The van der Waals surface area contributed by atoms with Gasteiger partial charge >= 0.3 is 11.8 Å². The van der Waals surface area contributed by atoms with Crippen LogP contribution in [0.4, 0.5) is 5.69 Å². The van der Waals surface area contributed by atoms with Crippen LogP contribution in [0.25, 0.3) is 0 Å². The standard InChI is InChI=1S/C13H15Cl2N3O2/c1-17-4-6-18(7-5-17)13(20)12(19)16-11-8-9(14)2-3-10(11)15/h2-3,8H,4-7H2,1H3,(H,16,19). The highest BCUT2D eigenvalue weighted by atomic mass is 35.5. The van der Waals surface area contributed by atoms with Gasteiger partial charge in [-0.3, -0.25) is 9.59 Å². The third-order valence-corrected chi connectivity index (χ3v) is 3.73. The van der Waals surface area contributed by atoms with Crippen LogP contribution in [0, 0.1) is 0 Å². The second-order valence-corrected chi connectivity index (χ2v) is 5.52. The third kappa shape index (κ3) is 3.62. The van der Waals surface area contributed by atoms with Crippen molar-refractivity contribution in [1.29, 1.82) is 0 Å². The molecule has 1 aliphatic rings. The first-order valence-electron chi connectivity index (χ1n) is 6.21. The van der Waals surface area contributed by atoms with Crippen LogP contribution in [-0.4, -0.2) is 54.8 Å². The zero-order chi connectivity index (χ0) is 14.7. The molecule has 7 heteroatoms. The van der Waals surface area contributed by atoms with Gasteiger partial charge in [0.25, 0.3) is 0 Å².